The second kappa shape index (κ2) is 5.46. The van der Waals surface area contributed by atoms with Crippen molar-refractivity contribution in [3.05, 3.63) is 69.7 Å². The van der Waals surface area contributed by atoms with Crippen LogP contribution >= 0.6 is 27.5 Å². The van der Waals surface area contributed by atoms with Gasteiger partial charge in [0.2, 0.25) is 0 Å². The van der Waals surface area contributed by atoms with Crippen LogP contribution in [0.2, 0.25) is 0 Å². The van der Waals surface area contributed by atoms with Crippen molar-refractivity contribution < 1.29 is 9.59 Å². The first-order valence-electron chi connectivity index (χ1n) is 5.19. The fourth-order valence-electron chi connectivity index (χ4n) is 1.64. The van der Waals surface area contributed by atoms with Crippen molar-refractivity contribution in [2.24, 2.45) is 0 Å². The molecule has 0 aliphatic heterocycles. The van der Waals surface area contributed by atoms with E-state index in [0.717, 1.165) is 0 Å². The Kier molecular flexibility index (Phi) is 3.94. The van der Waals surface area contributed by atoms with Crippen LogP contribution in [0.4, 0.5) is 0 Å². The van der Waals surface area contributed by atoms with Gasteiger partial charge in [-0.05, 0) is 29.8 Å². The van der Waals surface area contributed by atoms with Crippen LogP contribution < -0.4 is 0 Å². The number of rotatable bonds is 3. The third-order valence-electron chi connectivity index (χ3n) is 2.50. The van der Waals surface area contributed by atoms with E-state index >= 15 is 0 Å². The third-order valence-corrected chi connectivity index (χ3v) is 3.40. The van der Waals surface area contributed by atoms with Crippen LogP contribution in [0.25, 0.3) is 0 Å². The summed E-state index contributed by atoms with van der Waals surface area (Å²) >= 11 is 8.79. The van der Waals surface area contributed by atoms with Gasteiger partial charge in [-0.15, -0.1) is 0 Å². The van der Waals surface area contributed by atoms with E-state index in [4.69, 9.17) is 11.6 Å². The van der Waals surface area contributed by atoms with Crippen molar-refractivity contribution in [2.45, 2.75) is 0 Å². The Hall–Kier alpha value is -1.45. The standard InChI is InChI=1S/C14H8BrClO2/c15-12-8-4-3-7-11(12)13(17)9-5-1-2-6-10(9)14(16)18/h1-8H. The van der Waals surface area contributed by atoms with Crippen LogP contribution in [0.15, 0.2) is 53.0 Å². The zero-order valence-corrected chi connectivity index (χ0v) is 11.5. The Morgan fingerprint density at radius 3 is 1.89 bits per heavy atom. The van der Waals surface area contributed by atoms with Crippen molar-refractivity contribution in [1.82, 2.24) is 0 Å². The van der Waals surface area contributed by atoms with Crippen molar-refractivity contribution in [1.29, 1.82) is 0 Å². The average Bonchev–Trinajstić information content (AvgIpc) is 2.38. The summed E-state index contributed by atoms with van der Waals surface area (Å²) in [6.07, 6.45) is 0. The molecule has 0 aliphatic rings. The van der Waals surface area contributed by atoms with E-state index in [0.29, 0.717) is 15.6 Å². The van der Waals surface area contributed by atoms with Gasteiger partial charge in [-0.3, -0.25) is 9.59 Å². The Balaban J connectivity index is 2.54. The molecule has 2 aromatic rings. The summed E-state index contributed by atoms with van der Waals surface area (Å²) < 4.78 is 0.687. The predicted molar refractivity (Wildman–Crippen MR) is 74.2 cm³/mol. The minimum atomic E-state index is -0.633. The Bertz CT molecular complexity index is 623. The SMILES string of the molecule is O=C(Cl)c1ccccc1C(=O)c1ccccc1Br. The highest BCUT2D eigenvalue weighted by Crippen LogP contribution is 2.22. The van der Waals surface area contributed by atoms with Crippen LogP contribution in [0.3, 0.4) is 0 Å². The van der Waals surface area contributed by atoms with E-state index < -0.39 is 5.24 Å². The van der Waals surface area contributed by atoms with Gasteiger partial charge >= 0.3 is 0 Å². The van der Waals surface area contributed by atoms with Crippen LogP contribution in [-0.4, -0.2) is 11.0 Å². The van der Waals surface area contributed by atoms with Crippen LogP contribution in [0.1, 0.15) is 26.3 Å². The van der Waals surface area contributed by atoms with E-state index in [1.807, 2.05) is 6.07 Å². The summed E-state index contributed by atoms with van der Waals surface area (Å²) in [5.41, 5.74) is 1.03. The minimum Gasteiger partial charge on any atom is -0.289 e. The van der Waals surface area contributed by atoms with Gasteiger partial charge in [0.15, 0.2) is 5.78 Å². The van der Waals surface area contributed by atoms with Gasteiger partial charge in [-0.2, -0.15) is 0 Å². The molecule has 0 saturated heterocycles. The average molecular weight is 324 g/mol. The monoisotopic (exact) mass is 322 g/mol. The first kappa shape index (κ1) is 13.0. The normalized spacial score (nSPS) is 10.1. The lowest BCUT2D eigenvalue weighted by molar-refractivity contribution is 0.102. The van der Waals surface area contributed by atoms with Crippen molar-refractivity contribution in [3.8, 4) is 0 Å². The maximum Gasteiger partial charge on any atom is 0.253 e. The summed E-state index contributed by atoms with van der Waals surface area (Å²) in [4.78, 5) is 23.6. The van der Waals surface area contributed by atoms with E-state index in [-0.39, 0.29) is 11.3 Å². The maximum atomic E-state index is 12.4. The quantitative estimate of drug-likeness (QED) is 0.630. The summed E-state index contributed by atoms with van der Waals surface area (Å²) in [5, 5.41) is -0.633. The molecule has 2 rings (SSSR count). The molecule has 2 nitrogen and oxygen atoms in total. The molecule has 0 heterocycles. The van der Waals surface area contributed by atoms with Crippen LogP contribution in [0.5, 0.6) is 0 Å². The number of hydrogen-bond acceptors (Lipinski definition) is 2. The minimum absolute atomic E-state index is 0.222. The fraction of sp³-hybridized carbons (Fsp3) is 0. The summed E-state index contributed by atoms with van der Waals surface area (Å²) in [6.45, 7) is 0. The maximum absolute atomic E-state index is 12.4. The Labute approximate surface area is 118 Å². The van der Waals surface area contributed by atoms with Gasteiger partial charge in [0.25, 0.3) is 5.24 Å². The Morgan fingerprint density at radius 2 is 1.33 bits per heavy atom. The zero-order valence-electron chi connectivity index (χ0n) is 9.19. The van der Waals surface area contributed by atoms with Gasteiger partial charge in [-0.1, -0.05) is 46.3 Å². The number of ketones is 1. The molecule has 0 saturated carbocycles. The van der Waals surface area contributed by atoms with Crippen molar-refractivity contribution in [3.63, 3.8) is 0 Å². The molecule has 18 heavy (non-hydrogen) atoms. The molecule has 0 spiro atoms. The number of halogens is 2. The third kappa shape index (κ3) is 2.52. The molecule has 2 aromatic carbocycles. The molecular formula is C14H8BrClO2. The Morgan fingerprint density at radius 1 is 0.833 bits per heavy atom. The van der Waals surface area contributed by atoms with Gasteiger partial charge in [-0.25, -0.2) is 0 Å². The molecule has 0 bridgehead atoms. The molecule has 4 heteroatoms. The highest BCUT2D eigenvalue weighted by Gasteiger charge is 2.18. The summed E-state index contributed by atoms with van der Waals surface area (Å²) in [5.74, 6) is -0.230. The molecule has 90 valence electrons. The number of hydrogen-bond donors (Lipinski definition) is 0. The van der Waals surface area contributed by atoms with Crippen molar-refractivity contribution >= 4 is 38.6 Å². The topological polar surface area (TPSA) is 34.1 Å². The number of benzene rings is 2. The van der Waals surface area contributed by atoms with E-state index in [9.17, 15) is 9.59 Å². The van der Waals surface area contributed by atoms with Gasteiger partial charge in [0, 0.05) is 21.2 Å². The van der Waals surface area contributed by atoms with E-state index in [2.05, 4.69) is 15.9 Å². The highest BCUT2D eigenvalue weighted by atomic mass is 79.9. The summed E-state index contributed by atoms with van der Waals surface area (Å²) in [7, 11) is 0. The lowest BCUT2D eigenvalue weighted by Gasteiger charge is -2.06. The first-order chi connectivity index (χ1) is 8.61. The molecular weight excluding hydrogens is 316 g/mol. The highest BCUT2D eigenvalue weighted by molar-refractivity contribution is 9.10. The molecule has 0 aliphatic carbocycles. The van der Waals surface area contributed by atoms with Crippen LogP contribution in [0, 0.1) is 0 Å². The molecule has 0 amide bonds. The van der Waals surface area contributed by atoms with E-state index in [1.165, 1.54) is 0 Å². The molecule has 0 unspecified atom stereocenters. The van der Waals surface area contributed by atoms with Gasteiger partial charge in [0.05, 0.1) is 0 Å². The van der Waals surface area contributed by atoms with Crippen molar-refractivity contribution in [2.75, 3.05) is 0 Å². The largest absolute Gasteiger partial charge is 0.289 e. The van der Waals surface area contributed by atoms with E-state index in [1.54, 1.807) is 42.5 Å². The molecule has 0 aromatic heterocycles. The fourth-order valence-corrected chi connectivity index (χ4v) is 2.27. The van der Waals surface area contributed by atoms with Gasteiger partial charge < -0.3 is 0 Å². The van der Waals surface area contributed by atoms with Gasteiger partial charge in [0.1, 0.15) is 0 Å². The second-order valence-electron chi connectivity index (χ2n) is 3.63. The molecule has 0 fully saturated rings. The molecule has 0 radical (unpaired) electrons. The molecule has 0 atom stereocenters. The molecule has 0 N–H and O–H groups in total. The lowest BCUT2D eigenvalue weighted by atomic mass is 9.99. The zero-order chi connectivity index (χ0) is 13.1. The lowest BCUT2D eigenvalue weighted by Crippen LogP contribution is -2.07. The summed E-state index contributed by atoms with van der Waals surface area (Å²) in [6, 6.07) is 13.6. The smallest absolute Gasteiger partial charge is 0.253 e. The van der Waals surface area contributed by atoms with Crippen LogP contribution in [-0.2, 0) is 0 Å². The second-order valence-corrected chi connectivity index (χ2v) is 4.83. The number of carbonyl (C=O) groups is 2. The predicted octanol–water partition coefficient (Wildman–Crippen LogP) is 4.06. The first-order valence-corrected chi connectivity index (χ1v) is 6.36. The number of carbonyl (C=O) groups excluding carboxylic acids is 2.